The topological polar surface area (TPSA) is 162 Å². The number of thiazole rings is 1. The molecule has 1 aliphatic heterocycles. The van der Waals surface area contributed by atoms with Crippen molar-refractivity contribution >= 4 is 29.3 Å². The number of carbonyl (C=O) groups excluding carboxylic acids is 2. The number of aromatic nitrogens is 7. The number of carbonyl (C=O) groups is 2. The maximum absolute atomic E-state index is 12.2. The molecular weight excluding hydrogens is 596 g/mol. The van der Waals surface area contributed by atoms with Crippen LogP contribution in [0.1, 0.15) is 62.2 Å². The quantitative estimate of drug-likeness (QED) is 0.220. The summed E-state index contributed by atoms with van der Waals surface area (Å²) in [6.07, 6.45) is 7.42. The first-order chi connectivity index (χ1) is 21.7. The van der Waals surface area contributed by atoms with Gasteiger partial charge in [-0.3, -0.25) is 4.79 Å². The van der Waals surface area contributed by atoms with Gasteiger partial charge in [0.25, 0.3) is 0 Å². The van der Waals surface area contributed by atoms with Crippen LogP contribution in [0.15, 0.2) is 48.4 Å². The standard InChI is InChI=1S/C30H38N10O4S/c1-30(2,3)44-29(42)32-13-12-31-26(41)9-4-21-16-33-28(34-17-21)39-14-10-22(11-15-39)27-36-23(19-45-27)18-43-25-7-5-24(6-8-25)40-20-35-37-38-40/h5-8,16-17,19-20,22H,4,9-15,18H2,1-3H3,(H,31,41)(H,32,42). The third kappa shape index (κ3) is 9.66. The molecule has 45 heavy (non-hydrogen) atoms. The molecule has 15 heteroatoms. The average molecular weight is 635 g/mol. The Morgan fingerprint density at radius 2 is 1.78 bits per heavy atom. The number of hydrogen-bond donors (Lipinski definition) is 2. The molecule has 4 heterocycles. The minimum Gasteiger partial charge on any atom is -0.487 e. The fraction of sp³-hybridized carbons (Fsp3) is 0.467. The van der Waals surface area contributed by atoms with Gasteiger partial charge in [-0.15, -0.1) is 16.4 Å². The molecule has 4 aromatic rings. The number of aryl methyl sites for hydroxylation is 1. The Kier molecular flexibility index (Phi) is 10.5. The van der Waals surface area contributed by atoms with E-state index < -0.39 is 11.7 Å². The molecule has 1 aromatic carbocycles. The summed E-state index contributed by atoms with van der Waals surface area (Å²) in [5.74, 6) is 1.76. The van der Waals surface area contributed by atoms with Gasteiger partial charge in [0.05, 0.1) is 16.4 Å². The molecule has 2 amide bonds. The minimum atomic E-state index is -0.556. The van der Waals surface area contributed by atoms with Crippen LogP contribution in [-0.2, 0) is 22.6 Å². The van der Waals surface area contributed by atoms with E-state index in [0.29, 0.717) is 44.4 Å². The van der Waals surface area contributed by atoms with Gasteiger partial charge in [-0.1, -0.05) is 0 Å². The summed E-state index contributed by atoms with van der Waals surface area (Å²) in [6.45, 7) is 8.14. The largest absolute Gasteiger partial charge is 0.487 e. The molecule has 1 saturated heterocycles. The van der Waals surface area contributed by atoms with Gasteiger partial charge in [0.2, 0.25) is 11.9 Å². The number of tetrazole rings is 1. The van der Waals surface area contributed by atoms with E-state index in [9.17, 15) is 9.59 Å². The van der Waals surface area contributed by atoms with Crippen molar-refractivity contribution in [2.45, 2.75) is 64.6 Å². The lowest BCUT2D eigenvalue weighted by Crippen LogP contribution is -2.37. The van der Waals surface area contributed by atoms with E-state index in [1.807, 2.05) is 24.3 Å². The van der Waals surface area contributed by atoms with Crippen molar-refractivity contribution in [3.63, 3.8) is 0 Å². The Balaban J connectivity index is 0.990. The minimum absolute atomic E-state index is 0.0972. The number of nitrogens with one attached hydrogen (secondary N) is 2. The van der Waals surface area contributed by atoms with Gasteiger partial charge in [-0.25, -0.2) is 24.4 Å². The van der Waals surface area contributed by atoms with Gasteiger partial charge in [-0.05, 0) is 80.3 Å². The Morgan fingerprint density at radius 1 is 1.04 bits per heavy atom. The van der Waals surface area contributed by atoms with Crippen LogP contribution < -0.4 is 20.3 Å². The van der Waals surface area contributed by atoms with Crippen LogP contribution in [-0.4, -0.2) is 78.9 Å². The molecule has 5 rings (SSSR count). The summed E-state index contributed by atoms with van der Waals surface area (Å²) >= 11 is 1.68. The second-order valence-electron chi connectivity index (χ2n) is 11.6. The SMILES string of the molecule is CC(C)(C)OC(=O)NCCNC(=O)CCc1cnc(N2CCC(c3nc(COc4ccc(-n5cnnn5)cc4)cs3)CC2)nc1. The van der Waals surface area contributed by atoms with Gasteiger partial charge in [0.1, 0.15) is 24.3 Å². The summed E-state index contributed by atoms with van der Waals surface area (Å²) in [5, 5.41) is 19.8. The molecule has 0 aliphatic carbocycles. The number of alkyl carbamates (subject to hydrolysis) is 1. The zero-order valence-electron chi connectivity index (χ0n) is 25.7. The van der Waals surface area contributed by atoms with Crippen LogP contribution in [0.2, 0.25) is 0 Å². The smallest absolute Gasteiger partial charge is 0.407 e. The monoisotopic (exact) mass is 634 g/mol. The lowest BCUT2D eigenvalue weighted by Gasteiger charge is -2.31. The third-order valence-corrected chi connectivity index (χ3v) is 8.04. The molecule has 238 valence electrons. The Labute approximate surface area is 265 Å². The Bertz CT molecular complexity index is 1510. The normalized spacial score (nSPS) is 13.8. The van der Waals surface area contributed by atoms with Crippen LogP contribution in [0.5, 0.6) is 5.75 Å². The number of amides is 2. The molecule has 0 atom stereocenters. The highest BCUT2D eigenvalue weighted by Crippen LogP contribution is 2.31. The maximum Gasteiger partial charge on any atom is 0.407 e. The van der Waals surface area contributed by atoms with Gasteiger partial charge < -0.3 is 25.0 Å². The highest BCUT2D eigenvalue weighted by molar-refractivity contribution is 7.09. The molecule has 0 spiro atoms. The van der Waals surface area contributed by atoms with Crippen molar-refractivity contribution in [2.75, 3.05) is 31.1 Å². The highest BCUT2D eigenvalue weighted by atomic mass is 32.1. The molecule has 0 saturated carbocycles. The third-order valence-electron chi connectivity index (χ3n) is 6.98. The van der Waals surface area contributed by atoms with Crippen molar-refractivity contribution in [1.82, 2.24) is 45.8 Å². The first-order valence-corrected chi connectivity index (χ1v) is 15.8. The van der Waals surface area contributed by atoms with Crippen molar-refractivity contribution in [3.8, 4) is 11.4 Å². The summed E-state index contributed by atoms with van der Waals surface area (Å²) in [6, 6.07) is 7.59. The number of nitrogens with zero attached hydrogens (tertiary/aromatic N) is 8. The van der Waals surface area contributed by atoms with E-state index in [1.54, 1.807) is 55.5 Å². The second-order valence-corrected chi connectivity index (χ2v) is 12.5. The predicted molar refractivity (Wildman–Crippen MR) is 167 cm³/mol. The average Bonchev–Trinajstić information content (AvgIpc) is 3.74. The fourth-order valence-electron chi connectivity index (χ4n) is 4.70. The van der Waals surface area contributed by atoms with E-state index in [1.165, 1.54) is 0 Å². The maximum atomic E-state index is 12.2. The molecule has 0 bridgehead atoms. The molecular formula is C30H38N10O4S. The summed E-state index contributed by atoms with van der Waals surface area (Å²) in [7, 11) is 0. The van der Waals surface area contributed by atoms with Crippen LogP contribution in [0.4, 0.5) is 10.7 Å². The Hall–Kier alpha value is -4.66. The fourth-order valence-corrected chi connectivity index (χ4v) is 5.68. The molecule has 0 unspecified atom stereocenters. The number of hydrogen-bond acceptors (Lipinski definition) is 12. The van der Waals surface area contributed by atoms with Crippen molar-refractivity contribution < 1.29 is 19.1 Å². The Morgan fingerprint density at radius 3 is 2.47 bits per heavy atom. The molecule has 14 nitrogen and oxygen atoms in total. The van der Waals surface area contributed by atoms with Crippen LogP contribution in [0.3, 0.4) is 0 Å². The first-order valence-electron chi connectivity index (χ1n) is 14.9. The van der Waals surface area contributed by atoms with E-state index in [-0.39, 0.29) is 5.91 Å². The molecule has 0 radical (unpaired) electrons. The van der Waals surface area contributed by atoms with E-state index in [0.717, 1.165) is 53.6 Å². The summed E-state index contributed by atoms with van der Waals surface area (Å²) < 4.78 is 12.7. The summed E-state index contributed by atoms with van der Waals surface area (Å²) in [5.41, 5.74) is 2.13. The zero-order chi connectivity index (χ0) is 31.6. The molecule has 1 fully saturated rings. The van der Waals surface area contributed by atoms with Crippen LogP contribution in [0.25, 0.3) is 5.69 Å². The van der Waals surface area contributed by atoms with Crippen molar-refractivity contribution in [3.05, 3.63) is 64.6 Å². The van der Waals surface area contributed by atoms with Gasteiger partial charge in [0, 0.05) is 56.3 Å². The van der Waals surface area contributed by atoms with Crippen molar-refractivity contribution in [2.24, 2.45) is 0 Å². The van der Waals surface area contributed by atoms with Gasteiger partial charge in [0.15, 0.2) is 0 Å². The van der Waals surface area contributed by atoms with Gasteiger partial charge >= 0.3 is 6.09 Å². The number of ether oxygens (including phenoxy) is 2. The molecule has 1 aliphatic rings. The first kappa shape index (κ1) is 31.8. The lowest BCUT2D eigenvalue weighted by atomic mass is 9.98. The number of rotatable bonds is 12. The number of piperidine rings is 1. The van der Waals surface area contributed by atoms with E-state index in [2.05, 4.69) is 46.4 Å². The van der Waals surface area contributed by atoms with Crippen LogP contribution >= 0.6 is 11.3 Å². The zero-order valence-corrected chi connectivity index (χ0v) is 26.5. The molecule has 2 N–H and O–H groups in total. The van der Waals surface area contributed by atoms with E-state index >= 15 is 0 Å². The summed E-state index contributed by atoms with van der Waals surface area (Å²) in [4.78, 5) is 40.0. The lowest BCUT2D eigenvalue weighted by molar-refractivity contribution is -0.121. The van der Waals surface area contributed by atoms with Crippen molar-refractivity contribution in [1.29, 1.82) is 0 Å². The van der Waals surface area contributed by atoms with E-state index in [4.69, 9.17) is 14.5 Å². The molecule has 3 aromatic heterocycles. The van der Waals surface area contributed by atoms with Crippen LogP contribution in [0, 0.1) is 0 Å². The predicted octanol–water partition coefficient (Wildman–Crippen LogP) is 3.45. The second kappa shape index (κ2) is 14.9. The number of anilines is 1. The number of benzene rings is 1. The highest BCUT2D eigenvalue weighted by Gasteiger charge is 2.24. The van der Waals surface area contributed by atoms with Gasteiger partial charge in [-0.2, -0.15) is 0 Å².